The molecule has 0 saturated carbocycles. The zero-order chi connectivity index (χ0) is 15.3. The van der Waals surface area contributed by atoms with Crippen LogP contribution in [0.1, 0.15) is 71.3 Å². The average molecular weight is 279 g/mol. The first-order valence-corrected chi connectivity index (χ1v) is 8.15. The van der Waals surface area contributed by atoms with Gasteiger partial charge in [0, 0.05) is 18.3 Å². The summed E-state index contributed by atoms with van der Waals surface area (Å²) in [5, 5.41) is 4.85. The van der Waals surface area contributed by atoms with E-state index in [4.69, 9.17) is 10.8 Å². The second-order valence-electron chi connectivity index (χ2n) is 6.99. The number of hydrogen-bond donors (Lipinski definition) is 1. The highest BCUT2D eigenvalue weighted by Crippen LogP contribution is 2.23. The smallest absolute Gasteiger partial charge is 0.0657 e. The summed E-state index contributed by atoms with van der Waals surface area (Å²) in [6, 6.07) is 0.255. The molecular weight excluding hydrogens is 246 g/mol. The predicted molar refractivity (Wildman–Crippen MR) is 87.0 cm³/mol. The van der Waals surface area contributed by atoms with E-state index in [-0.39, 0.29) is 6.04 Å². The van der Waals surface area contributed by atoms with Crippen molar-refractivity contribution in [2.24, 2.45) is 11.1 Å². The Morgan fingerprint density at radius 3 is 2.25 bits per heavy atom. The van der Waals surface area contributed by atoms with Gasteiger partial charge in [0.2, 0.25) is 0 Å². The first kappa shape index (κ1) is 17.2. The van der Waals surface area contributed by atoms with Gasteiger partial charge in [-0.25, -0.2) is 0 Å². The summed E-state index contributed by atoms with van der Waals surface area (Å²) in [6.07, 6.45) is 5.20. The minimum absolute atomic E-state index is 0.255. The van der Waals surface area contributed by atoms with E-state index in [9.17, 15) is 0 Å². The van der Waals surface area contributed by atoms with Crippen LogP contribution < -0.4 is 5.73 Å². The highest BCUT2D eigenvalue weighted by molar-refractivity contribution is 5.28. The van der Waals surface area contributed by atoms with Crippen LogP contribution in [0.4, 0.5) is 0 Å². The van der Waals surface area contributed by atoms with Crippen molar-refractivity contribution in [1.82, 2.24) is 9.78 Å². The van der Waals surface area contributed by atoms with Gasteiger partial charge < -0.3 is 5.73 Å². The maximum atomic E-state index is 6.17. The minimum Gasteiger partial charge on any atom is -0.327 e. The Labute approximate surface area is 124 Å². The van der Waals surface area contributed by atoms with Gasteiger partial charge in [-0.05, 0) is 43.1 Å². The first-order valence-electron chi connectivity index (χ1n) is 8.15. The molecular formula is C17H33N3. The van der Waals surface area contributed by atoms with Gasteiger partial charge in [0.15, 0.2) is 0 Å². The van der Waals surface area contributed by atoms with E-state index in [1.54, 1.807) is 0 Å². The van der Waals surface area contributed by atoms with Crippen LogP contribution in [-0.4, -0.2) is 15.8 Å². The molecule has 116 valence electrons. The molecule has 0 bridgehead atoms. The zero-order valence-electron chi connectivity index (χ0n) is 14.3. The van der Waals surface area contributed by atoms with E-state index >= 15 is 0 Å². The van der Waals surface area contributed by atoms with Crippen molar-refractivity contribution < 1.29 is 0 Å². The molecule has 0 aliphatic heterocycles. The van der Waals surface area contributed by atoms with Gasteiger partial charge in [-0.15, -0.1) is 0 Å². The molecule has 0 radical (unpaired) electrons. The summed E-state index contributed by atoms with van der Waals surface area (Å²) >= 11 is 0. The summed E-state index contributed by atoms with van der Waals surface area (Å²) in [7, 11) is 0. The fraction of sp³-hybridized carbons (Fsp3) is 0.824. The van der Waals surface area contributed by atoms with Crippen molar-refractivity contribution in [1.29, 1.82) is 0 Å². The Morgan fingerprint density at radius 1 is 1.15 bits per heavy atom. The molecule has 0 fully saturated rings. The third-order valence-corrected chi connectivity index (χ3v) is 3.98. The third kappa shape index (κ3) is 4.62. The lowest BCUT2D eigenvalue weighted by molar-refractivity contribution is 0.337. The summed E-state index contributed by atoms with van der Waals surface area (Å²) in [6.45, 7) is 14.5. The molecule has 0 aliphatic rings. The van der Waals surface area contributed by atoms with Gasteiger partial charge in [-0.2, -0.15) is 5.10 Å². The number of aryl methyl sites for hydroxylation is 2. The normalized spacial score (nSPS) is 13.8. The number of hydrogen-bond acceptors (Lipinski definition) is 2. The molecule has 0 spiro atoms. The number of aromatic nitrogens is 2. The Bertz CT molecular complexity index is 413. The van der Waals surface area contributed by atoms with Crippen LogP contribution in [0, 0.1) is 5.41 Å². The van der Waals surface area contributed by atoms with Gasteiger partial charge >= 0.3 is 0 Å². The van der Waals surface area contributed by atoms with E-state index in [2.05, 4.69) is 46.2 Å². The second kappa shape index (κ2) is 7.26. The molecule has 2 N–H and O–H groups in total. The highest BCUT2D eigenvalue weighted by Gasteiger charge is 2.18. The molecule has 1 heterocycles. The van der Waals surface area contributed by atoms with Crippen LogP contribution in [0.2, 0.25) is 0 Å². The van der Waals surface area contributed by atoms with E-state index < -0.39 is 0 Å². The van der Waals surface area contributed by atoms with Gasteiger partial charge in [0.05, 0.1) is 5.69 Å². The summed E-state index contributed by atoms with van der Waals surface area (Å²) < 4.78 is 2.24. The largest absolute Gasteiger partial charge is 0.327 e. The van der Waals surface area contributed by atoms with Crippen LogP contribution in [-0.2, 0) is 25.8 Å². The van der Waals surface area contributed by atoms with Gasteiger partial charge in [-0.3, -0.25) is 4.68 Å². The number of rotatable bonds is 7. The fourth-order valence-corrected chi connectivity index (χ4v) is 2.54. The lowest BCUT2D eigenvalue weighted by Gasteiger charge is -2.19. The lowest BCUT2D eigenvalue weighted by Crippen LogP contribution is -2.22. The van der Waals surface area contributed by atoms with E-state index in [1.807, 2.05) is 0 Å². The van der Waals surface area contributed by atoms with Gasteiger partial charge in [-0.1, -0.05) is 41.5 Å². The van der Waals surface area contributed by atoms with Crippen LogP contribution in [0.5, 0.6) is 0 Å². The van der Waals surface area contributed by atoms with Crippen LogP contribution in [0.3, 0.4) is 0 Å². The van der Waals surface area contributed by atoms with Crippen molar-refractivity contribution in [2.75, 3.05) is 0 Å². The van der Waals surface area contributed by atoms with E-state index in [1.165, 1.54) is 17.0 Å². The molecule has 1 atom stereocenters. The predicted octanol–water partition coefficient (Wildman–Crippen LogP) is 3.72. The van der Waals surface area contributed by atoms with Gasteiger partial charge in [0.25, 0.3) is 0 Å². The summed E-state index contributed by atoms with van der Waals surface area (Å²) in [4.78, 5) is 0. The Hall–Kier alpha value is -0.830. The molecule has 0 aliphatic carbocycles. The standard InChI is InChI=1S/C17H33N3/c1-7-13(18)12-14-15(8-2)19-20(16(14)9-3)11-10-17(4,5)6/h13H,7-12,18H2,1-6H3. The van der Waals surface area contributed by atoms with Crippen molar-refractivity contribution in [2.45, 2.75) is 86.2 Å². The minimum atomic E-state index is 0.255. The molecule has 3 heteroatoms. The molecule has 0 aromatic carbocycles. The zero-order valence-corrected chi connectivity index (χ0v) is 14.3. The Morgan fingerprint density at radius 2 is 1.80 bits per heavy atom. The summed E-state index contributed by atoms with van der Waals surface area (Å²) in [5.41, 5.74) is 10.6. The molecule has 1 aromatic rings. The molecule has 20 heavy (non-hydrogen) atoms. The third-order valence-electron chi connectivity index (χ3n) is 3.98. The van der Waals surface area contributed by atoms with E-state index in [0.29, 0.717) is 5.41 Å². The van der Waals surface area contributed by atoms with Crippen LogP contribution in [0.15, 0.2) is 0 Å². The number of nitrogens with zero attached hydrogens (tertiary/aromatic N) is 2. The molecule has 1 unspecified atom stereocenters. The first-order chi connectivity index (χ1) is 9.32. The van der Waals surface area contributed by atoms with Crippen LogP contribution in [0.25, 0.3) is 0 Å². The topological polar surface area (TPSA) is 43.8 Å². The summed E-state index contributed by atoms with van der Waals surface area (Å²) in [5.74, 6) is 0. The SMILES string of the molecule is CCc1nn(CCC(C)(C)C)c(CC)c1CC(N)CC. The van der Waals surface area contributed by atoms with Crippen molar-refractivity contribution >= 4 is 0 Å². The van der Waals surface area contributed by atoms with Crippen molar-refractivity contribution in [3.63, 3.8) is 0 Å². The molecule has 1 rings (SSSR count). The molecule has 0 saturated heterocycles. The van der Waals surface area contributed by atoms with Gasteiger partial charge in [0.1, 0.15) is 0 Å². The second-order valence-corrected chi connectivity index (χ2v) is 6.99. The molecule has 3 nitrogen and oxygen atoms in total. The highest BCUT2D eigenvalue weighted by atomic mass is 15.3. The quantitative estimate of drug-likeness (QED) is 0.826. The number of nitrogens with two attached hydrogens (primary N) is 1. The monoisotopic (exact) mass is 279 g/mol. The van der Waals surface area contributed by atoms with Crippen molar-refractivity contribution in [3.8, 4) is 0 Å². The fourth-order valence-electron chi connectivity index (χ4n) is 2.54. The maximum Gasteiger partial charge on any atom is 0.0657 e. The van der Waals surface area contributed by atoms with Crippen molar-refractivity contribution in [3.05, 3.63) is 17.0 Å². The maximum absolute atomic E-state index is 6.17. The lowest BCUT2D eigenvalue weighted by atomic mass is 9.92. The average Bonchev–Trinajstić information content (AvgIpc) is 2.72. The molecule has 0 amide bonds. The van der Waals surface area contributed by atoms with Crippen LogP contribution >= 0.6 is 0 Å². The van der Waals surface area contributed by atoms with E-state index in [0.717, 1.165) is 38.6 Å². The Balaban J connectivity index is 3.01. The Kier molecular flexibility index (Phi) is 6.25. The molecule has 1 aromatic heterocycles.